The van der Waals surface area contributed by atoms with Crippen molar-refractivity contribution in [3.63, 3.8) is 0 Å². The van der Waals surface area contributed by atoms with Gasteiger partial charge in [0.25, 0.3) is 15.4 Å². The second kappa shape index (κ2) is 5.27. The van der Waals surface area contributed by atoms with E-state index in [0.29, 0.717) is 0 Å². The molecule has 0 bridgehead atoms. The van der Waals surface area contributed by atoms with E-state index >= 15 is 0 Å². The Bertz CT molecular complexity index is 472. The summed E-state index contributed by atoms with van der Waals surface area (Å²) in [6.45, 7) is 0. The van der Waals surface area contributed by atoms with Crippen LogP contribution in [0.25, 0.3) is 0 Å². The minimum Gasteiger partial charge on any atom is -0.317 e. The highest BCUT2D eigenvalue weighted by Gasteiger charge is 2.32. The summed E-state index contributed by atoms with van der Waals surface area (Å²) in [5.41, 5.74) is -0.490. The van der Waals surface area contributed by atoms with Gasteiger partial charge in [0, 0.05) is 11.1 Å². The number of carbonyl (C=O) groups is 1. The molecule has 0 aromatic heterocycles. The lowest BCUT2D eigenvalue weighted by Gasteiger charge is -2.11. The fourth-order valence-corrected chi connectivity index (χ4v) is 1.26. The first-order chi connectivity index (χ1) is 7.71. The molecule has 9 heteroatoms. The van der Waals surface area contributed by atoms with Crippen molar-refractivity contribution in [2.45, 2.75) is 3.79 Å². The van der Waals surface area contributed by atoms with Crippen LogP contribution in [0.3, 0.4) is 0 Å². The molecule has 0 aliphatic carbocycles. The molecule has 1 N–H and O–H groups in total. The third kappa shape index (κ3) is 3.89. The number of nitrogens with zero attached hydrogens (tertiary/aromatic N) is 1. The number of hydrogen-bond donors (Lipinski definition) is 1. The molecule has 5 nitrogen and oxygen atoms in total. The molecule has 0 aliphatic heterocycles. The standard InChI is InChI=1S/C8H4Cl4N2O3/c9-4-1-2-5(6(3-4)14(16)17)13-7(15)8(10,11)12/h1-3H,(H,13,15). The quantitative estimate of drug-likeness (QED) is 0.515. The minimum atomic E-state index is -2.20. The van der Waals surface area contributed by atoms with E-state index in [2.05, 4.69) is 5.32 Å². The van der Waals surface area contributed by atoms with Crippen molar-refractivity contribution < 1.29 is 9.72 Å². The van der Waals surface area contributed by atoms with Crippen LogP contribution >= 0.6 is 46.4 Å². The van der Waals surface area contributed by atoms with Gasteiger partial charge in [0.1, 0.15) is 5.69 Å². The lowest BCUT2D eigenvalue weighted by atomic mass is 10.2. The van der Waals surface area contributed by atoms with Crippen LogP contribution in [0, 0.1) is 10.1 Å². The van der Waals surface area contributed by atoms with Gasteiger partial charge in [0.2, 0.25) is 0 Å². The molecular weight excluding hydrogens is 314 g/mol. The number of alkyl halides is 3. The molecule has 17 heavy (non-hydrogen) atoms. The molecule has 0 fully saturated rings. The highest BCUT2D eigenvalue weighted by Crippen LogP contribution is 2.32. The monoisotopic (exact) mass is 316 g/mol. The number of amides is 1. The van der Waals surface area contributed by atoms with E-state index in [1.54, 1.807) is 0 Å². The third-order valence-corrected chi connectivity index (χ3v) is 2.41. The highest BCUT2D eigenvalue weighted by atomic mass is 35.6. The van der Waals surface area contributed by atoms with Gasteiger partial charge in [-0.2, -0.15) is 0 Å². The van der Waals surface area contributed by atoms with Crippen LogP contribution < -0.4 is 5.32 Å². The van der Waals surface area contributed by atoms with E-state index in [0.717, 1.165) is 6.07 Å². The summed E-state index contributed by atoms with van der Waals surface area (Å²) in [6, 6.07) is 3.69. The Morgan fingerprint density at radius 3 is 2.41 bits per heavy atom. The fourth-order valence-electron chi connectivity index (χ4n) is 0.955. The van der Waals surface area contributed by atoms with E-state index in [4.69, 9.17) is 46.4 Å². The van der Waals surface area contributed by atoms with Crippen LogP contribution in [0.1, 0.15) is 0 Å². The summed E-state index contributed by atoms with van der Waals surface area (Å²) in [5.74, 6) is -0.993. The zero-order chi connectivity index (χ0) is 13.2. The van der Waals surface area contributed by atoms with Gasteiger partial charge >= 0.3 is 0 Å². The summed E-state index contributed by atoms with van der Waals surface area (Å²) in [6.07, 6.45) is 0. The molecule has 1 aromatic rings. The maximum Gasteiger partial charge on any atom is 0.294 e. The second-order valence-corrected chi connectivity index (χ2v) is 5.59. The van der Waals surface area contributed by atoms with Gasteiger partial charge in [-0.05, 0) is 12.1 Å². The van der Waals surface area contributed by atoms with Crippen molar-refractivity contribution in [3.05, 3.63) is 33.3 Å². The molecule has 0 aliphatic rings. The number of halogens is 4. The molecule has 0 atom stereocenters. The first-order valence-electron chi connectivity index (χ1n) is 4.04. The van der Waals surface area contributed by atoms with Gasteiger partial charge < -0.3 is 5.32 Å². The summed E-state index contributed by atoms with van der Waals surface area (Å²) >= 11 is 21.6. The van der Waals surface area contributed by atoms with Gasteiger partial charge in [0.05, 0.1) is 4.92 Å². The lowest BCUT2D eigenvalue weighted by molar-refractivity contribution is -0.383. The van der Waals surface area contributed by atoms with Gasteiger partial charge in [0.15, 0.2) is 0 Å². The van der Waals surface area contributed by atoms with Crippen molar-refractivity contribution in [3.8, 4) is 0 Å². The van der Waals surface area contributed by atoms with Crippen LogP contribution in [0.15, 0.2) is 18.2 Å². The molecule has 92 valence electrons. The number of hydrogen-bond acceptors (Lipinski definition) is 3. The summed E-state index contributed by atoms with van der Waals surface area (Å²) in [5, 5.41) is 13.0. The van der Waals surface area contributed by atoms with Gasteiger partial charge in [-0.3, -0.25) is 14.9 Å². The van der Waals surface area contributed by atoms with Crippen molar-refractivity contribution in [1.29, 1.82) is 0 Å². The maximum atomic E-state index is 11.3. The zero-order valence-electron chi connectivity index (χ0n) is 7.92. The predicted octanol–water partition coefficient (Wildman–Crippen LogP) is 3.56. The van der Waals surface area contributed by atoms with E-state index in [9.17, 15) is 14.9 Å². The second-order valence-electron chi connectivity index (χ2n) is 2.87. The van der Waals surface area contributed by atoms with Gasteiger partial charge in [-0.15, -0.1) is 0 Å². The van der Waals surface area contributed by atoms with Gasteiger partial charge in [-0.1, -0.05) is 46.4 Å². The van der Waals surface area contributed by atoms with Gasteiger partial charge in [-0.25, -0.2) is 0 Å². The molecule has 0 radical (unpaired) electrons. The Labute approximate surface area is 116 Å². The van der Waals surface area contributed by atoms with Crippen molar-refractivity contribution in [2.75, 3.05) is 5.32 Å². The first kappa shape index (κ1) is 14.3. The fraction of sp³-hybridized carbons (Fsp3) is 0.125. The number of nitro groups is 1. The average Bonchev–Trinajstić information content (AvgIpc) is 2.18. The number of anilines is 1. The zero-order valence-corrected chi connectivity index (χ0v) is 10.9. The molecule has 0 saturated carbocycles. The minimum absolute atomic E-state index is 0.101. The Balaban J connectivity index is 3.07. The maximum absolute atomic E-state index is 11.3. The predicted molar refractivity (Wildman–Crippen MR) is 67.0 cm³/mol. The topological polar surface area (TPSA) is 72.2 Å². The normalized spacial score (nSPS) is 11.1. The number of rotatable bonds is 2. The van der Waals surface area contributed by atoms with Crippen LogP contribution in [0.4, 0.5) is 11.4 Å². The molecule has 1 aromatic carbocycles. The van der Waals surface area contributed by atoms with Crippen LogP contribution in [-0.2, 0) is 4.79 Å². The van der Waals surface area contributed by atoms with Crippen LogP contribution in [-0.4, -0.2) is 14.6 Å². The first-order valence-corrected chi connectivity index (χ1v) is 5.55. The Hall–Kier alpha value is -0.750. The van der Waals surface area contributed by atoms with E-state index in [1.807, 2.05) is 0 Å². The Morgan fingerprint density at radius 2 is 1.94 bits per heavy atom. The smallest absolute Gasteiger partial charge is 0.294 e. The summed E-state index contributed by atoms with van der Waals surface area (Å²) in [7, 11) is 0. The van der Waals surface area contributed by atoms with E-state index in [-0.39, 0.29) is 16.4 Å². The third-order valence-electron chi connectivity index (χ3n) is 1.66. The summed E-state index contributed by atoms with van der Waals surface area (Å²) < 4.78 is -2.20. The molecular formula is C8H4Cl4N2O3. The SMILES string of the molecule is O=C(Nc1ccc(Cl)cc1[N+](=O)[O-])C(Cl)(Cl)Cl. The lowest BCUT2D eigenvalue weighted by Crippen LogP contribution is -2.27. The number of carbonyl (C=O) groups excluding carboxylic acids is 1. The molecule has 0 saturated heterocycles. The van der Waals surface area contributed by atoms with Crippen LogP contribution in [0.2, 0.25) is 5.02 Å². The van der Waals surface area contributed by atoms with Crippen molar-refractivity contribution in [1.82, 2.24) is 0 Å². The summed E-state index contributed by atoms with van der Waals surface area (Å²) in [4.78, 5) is 21.3. The van der Waals surface area contributed by atoms with Crippen molar-refractivity contribution in [2.24, 2.45) is 0 Å². The molecule has 1 rings (SSSR count). The number of nitrogens with one attached hydrogen (secondary N) is 1. The largest absolute Gasteiger partial charge is 0.317 e. The van der Waals surface area contributed by atoms with E-state index in [1.165, 1.54) is 12.1 Å². The average molecular weight is 318 g/mol. The highest BCUT2D eigenvalue weighted by molar-refractivity contribution is 6.76. The van der Waals surface area contributed by atoms with E-state index < -0.39 is 14.6 Å². The molecule has 0 unspecified atom stereocenters. The van der Waals surface area contributed by atoms with Crippen LogP contribution in [0.5, 0.6) is 0 Å². The van der Waals surface area contributed by atoms with Crippen molar-refractivity contribution >= 4 is 63.7 Å². The molecule has 1 amide bonds. The number of nitro benzene ring substituents is 1. The number of benzene rings is 1. The molecule has 0 heterocycles. The molecule has 0 spiro atoms. The Kier molecular flexibility index (Phi) is 4.43. The Morgan fingerprint density at radius 1 is 1.35 bits per heavy atom.